The Hall–Kier alpha value is -1.84. The normalized spacial score (nSPS) is 10.5. The molecule has 0 aliphatic rings. The highest BCUT2D eigenvalue weighted by Crippen LogP contribution is 2.15. The summed E-state index contributed by atoms with van der Waals surface area (Å²) in [7, 11) is 0. The van der Waals surface area contributed by atoms with Crippen molar-refractivity contribution in [3.8, 4) is 5.88 Å². The number of aromatic nitrogens is 3. The molecule has 0 aliphatic heterocycles. The first-order chi connectivity index (χ1) is 7.20. The molecule has 2 heterocycles. The Morgan fingerprint density at radius 3 is 2.93 bits per heavy atom. The zero-order valence-corrected chi connectivity index (χ0v) is 8.90. The third-order valence-corrected chi connectivity index (χ3v) is 1.99. The zero-order chi connectivity index (χ0) is 10.8. The second kappa shape index (κ2) is 3.73. The fourth-order valence-electron chi connectivity index (χ4n) is 1.43. The number of hydrogen-bond acceptors (Lipinski definition) is 3. The first kappa shape index (κ1) is 9.71. The zero-order valence-electron chi connectivity index (χ0n) is 8.90. The largest absolute Gasteiger partial charge is 0.473 e. The minimum absolute atomic E-state index is 0.470. The molecule has 4 nitrogen and oxygen atoms in total. The average molecular weight is 203 g/mol. The maximum atomic E-state index is 5.50. The summed E-state index contributed by atoms with van der Waals surface area (Å²) in [6.45, 7) is 7.95. The predicted molar refractivity (Wildman–Crippen MR) is 58.2 cm³/mol. The average Bonchev–Trinajstić information content (AvgIpc) is 2.54. The Bertz CT molecular complexity index is 502. The molecule has 0 bridgehead atoms. The lowest BCUT2D eigenvalue weighted by Gasteiger charge is -2.05. The van der Waals surface area contributed by atoms with Crippen LogP contribution in [-0.2, 0) is 0 Å². The molecule has 0 radical (unpaired) electrons. The topological polar surface area (TPSA) is 39.4 Å². The molecule has 2 rings (SSSR count). The van der Waals surface area contributed by atoms with Crippen molar-refractivity contribution in [2.24, 2.45) is 0 Å². The van der Waals surface area contributed by atoms with Crippen molar-refractivity contribution in [2.45, 2.75) is 13.8 Å². The quantitative estimate of drug-likeness (QED) is 0.715. The van der Waals surface area contributed by atoms with Crippen molar-refractivity contribution < 1.29 is 4.74 Å². The minimum atomic E-state index is 0.470. The number of hydrogen-bond donors (Lipinski definition) is 0. The molecule has 15 heavy (non-hydrogen) atoms. The van der Waals surface area contributed by atoms with Crippen LogP contribution in [-0.4, -0.2) is 21.2 Å². The molecule has 2 aromatic rings. The molecular weight excluding hydrogens is 190 g/mol. The molecule has 0 fully saturated rings. The number of nitrogens with zero attached hydrogens (tertiary/aromatic N) is 3. The Kier molecular flexibility index (Phi) is 2.41. The first-order valence-corrected chi connectivity index (χ1v) is 4.78. The number of fused-ring (bicyclic) bond motifs is 1. The van der Waals surface area contributed by atoms with Crippen molar-refractivity contribution in [1.82, 2.24) is 14.6 Å². The van der Waals surface area contributed by atoms with E-state index in [1.54, 1.807) is 10.6 Å². The van der Waals surface area contributed by atoms with Crippen molar-refractivity contribution >= 4 is 5.65 Å². The third kappa shape index (κ3) is 1.83. The third-order valence-electron chi connectivity index (χ3n) is 1.99. The summed E-state index contributed by atoms with van der Waals surface area (Å²) >= 11 is 0. The van der Waals surface area contributed by atoms with Crippen LogP contribution in [0, 0.1) is 13.8 Å². The van der Waals surface area contributed by atoms with Crippen molar-refractivity contribution in [3.05, 3.63) is 36.2 Å². The van der Waals surface area contributed by atoms with Crippen LogP contribution >= 0.6 is 0 Å². The highest BCUT2D eigenvalue weighted by atomic mass is 16.5. The summed E-state index contributed by atoms with van der Waals surface area (Å²) in [4.78, 5) is 4.36. The van der Waals surface area contributed by atoms with Gasteiger partial charge >= 0.3 is 0 Å². The first-order valence-electron chi connectivity index (χ1n) is 4.78. The molecule has 0 unspecified atom stereocenters. The molecule has 0 amide bonds. The smallest absolute Gasteiger partial charge is 0.218 e. The van der Waals surface area contributed by atoms with Crippen LogP contribution in [0.5, 0.6) is 5.88 Å². The van der Waals surface area contributed by atoms with Crippen LogP contribution in [0.1, 0.15) is 11.4 Å². The summed E-state index contributed by atoms with van der Waals surface area (Å²) in [5.74, 6) is 0.700. The second-order valence-corrected chi connectivity index (χ2v) is 3.39. The van der Waals surface area contributed by atoms with Gasteiger partial charge in [0.1, 0.15) is 6.61 Å². The lowest BCUT2D eigenvalue weighted by Crippen LogP contribution is -2.02. The number of rotatable bonds is 3. The van der Waals surface area contributed by atoms with Crippen LogP contribution in [0.3, 0.4) is 0 Å². The van der Waals surface area contributed by atoms with E-state index in [4.69, 9.17) is 4.74 Å². The lowest BCUT2D eigenvalue weighted by atomic mass is 10.4. The molecule has 0 aromatic carbocycles. The van der Waals surface area contributed by atoms with E-state index in [9.17, 15) is 0 Å². The van der Waals surface area contributed by atoms with Gasteiger partial charge in [-0.1, -0.05) is 12.7 Å². The van der Waals surface area contributed by atoms with E-state index in [-0.39, 0.29) is 0 Å². The molecule has 2 aromatic heterocycles. The molecule has 0 saturated heterocycles. The fourth-order valence-corrected chi connectivity index (χ4v) is 1.43. The maximum absolute atomic E-state index is 5.50. The van der Waals surface area contributed by atoms with E-state index in [1.165, 1.54) is 0 Å². The van der Waals surface area contributed by atoms with Crippen LogP contribution in [0.4, 0.5) is 0 Å². The van der Waals surface area contributed by atoms with Crippen LogP contribution in [0.25, 0.3) is 5.65 Å². The lowest BCUT2D eigenvalue weighted by molar-refractivity contribution is 0.337. The summed E-state index contributed by atoms with van der Waals surface area (Å²) in [6.07, 6.45) is 1.71. The van der Waals surface area contributed by atoms with Crippen molar-refractivity contribution in [1.29, 1.82) is 0 Å². The molecule has 0 saturated carbocycles. The molecule has 0 aliphatic carbocycles. The van der Waals surface area contributed by atoms with Gasteiger partial charge in [-0.15, -0.1) is 0 Å². The van der Waals surface area contributed by atoms with E-state index in [0.29, 0.717) is 12.5 Å². The van der Waals surface area contributed by atoms with E-state index in [1.807, 2.05) is 26.0 Å². The van der Waals surface area contributed by atoms with E-state index in [0.717, 1.165) is 17.0 Å². The summed E-state index contributed by atoms with van der Waals surface area (Å²) in [6, 6.07) is 3.79. The van der Waals surface area contributed by atoms with Gasteiger partial charge in [0.05, 0.1) is 5.69 Å². The van der Waals surface area contributed by atoms with Crippen molar-refractivity contribution in [3.63, 3.8) is 0 Å². The van der Waals surface area contributed by atoms with E-state index < -0.39 is 0 Å². The Morgan fingerprint density at radius 1 is 1.40 bits per heavy atom. The Labute approximate surface area is 88.2 Å². The van der Waals surface area contributed by atoms with Gasteiger partial charge in [0.2, 0.25) is 5.88 Å². The van der Waals surface area contributed by atoms with Crippen molar-refractivity contribution in [2.75, 3.05) is 6.61 Å². The summed E-state index contributed by atoms with van der Waals surface area (Å²) in [5.41, 5.74) is 2.66. The molecule has 0 atom stereocenters. The Morgan fingerprint density at radius 2 is 2.20 bits per heavy atom. The monoisotopic (exact) mass is 203 g/mol. The predicted octanol–water partition coefficient (Wildman–Crippen LogP) is 1.91. The van der Waals surface area contributed by atoms with Gasteiger partial charge in [0, 0.05) is 17.8 Å². The molecule has 0 spiro atoms. The summed E-state index contributed by atoms with van der Waals surface area (Å²) < 4.78 is 7.21. The standard InChI is InChI=1S/C11H13N3O/c1-4-5-15-11-7-8(2)12-10-6-9(3)13-14(10)11/h4,6-7H,1,5H2,2-3H3. The van der Waals surface area contributed by atoms with Gasteiger partial charge in [0.25, 0.3) is 0 Å². The second-order valence-electron chi connectivity index (χ2n) is 3.39. The van der Waals surface area contributed by atoms with Gasteiger partial charge in [-0.2, -0.15) is 9.61 Å². The van der Waals surface area contributed by atoms with E-state index >= 15 is 0 Å². The van der Waals surface area contributed by atoms with Gasteiger partial charge in [-0.05, 0) is 13.8 Å². The van der Waals surface area contributed by atoms with Gasteiger partial charge in [-0.25, -0.2) is 4.98 Å². The highest BCUT2D eigenvalue weighted by Gasteiger charge is 2.06. The SMILES string of the molecule is C=CCOc1cc(C)nc2cc(C)nn12. The molecule has 78 valence electrons. The number of aryl methyl sites for hydroxylation is 2. The van der Waals surface area contributed by atoms with Crippen LogP contribution < -0.4 is 4.74 Å². The van der Waals surface area contributed by atoms with Gasteiger partial charge < -0.3 is 4.74 Å². The maximum Gasteiger partial charge on any atom is 0.218 e. The van der Waals surface area contributed by atoms with Crippen LogP contribution in [0.2, 0.25) is 0 Å². The fraction of sp³-hybridized carbons (Fsp3) is 0.273. The molecule has 4 heteroatoms. The highest BCUT2D eigenvalue weighted by molar-refractivity contribution is 5.43. The van der Waals surface area contributed by atoms with Crippen LogP contribution in [0.15, 0.2) is 24.8 Å². The molecule has 0 N–H and O–H groups in total. The van der Waals surface area contributed by atoms with Gasteiger partial charge in [0.15, 0.2) is 5.65 Å². The Balaban J connectivity index is 2.54. The number of ether oxygens (including phenoxy) is 1. The van der Waals surface area contributed by atoms with E-state index in [2.05, 4.69) is 16.7 Å². The summed E-state index contributed by atoms with van der Waals surface area (Å²) in [5, 5.41) is 4.30. The molecular formula is C11H13N3O. The van der Waals surface area contributed by atoms with Gasteiger partial charge in [-0.3, -0.25) is 0 Å². The minimum Gasteiger partial charge on any atom is -0.473 e.